The van der Waals surface area contributed by atoms with E-state index in [9.17, 15) is 0 Å². The van der Waals surface area contributed by atoms with Crippen LogP contribution >= 0.6 is 0 Å². The van der Waals surface area contributed by atoms with Crippen molar-refractivity contribution < 1.29 is 0 Å². The standard InChI is InChI=1S/C18H24N8/c19-7-2-8-21-17-16(13-5-6-13)10-22-18(25-17)24-14-3-1-4-15(9-14)26-12-20-11-23-26/h1,3-4,9-10,12-13,23H,2,5-8,11,19H2,(H2,21,22,24,25). The van der Waals surface area contributed by atoms with Gasteiger partial charge in [0.05, 0.1) is 5.69 Å². The van der Waals surface area contributed by atoms with Crippen LogP contribution in [0.25, 0.3) is 0 Å². The van der Waals surface area contributed by atoms with Crippen molar-refractivity contribution >= 4 is 29.5 Å². The molecular weight excluding hydrogens is 328 g/mol. The summed E-state index contributed by atoms with van der Waals surface area (Å²) in [5.74, 6) is 2.10. The van der Waals surface area contributed by atoms with E-state index in [1.807, 2.05) is 35.5 Å². The molecule has 0 atom stereocenters. The summed E-state index contributed by atoms with van der Waals surface area (Å²) in [6, 6.07) is 8.04. The van der Waals surface area contributed by atoms with Gasteiger partial charge in [-0.1, -0.05) is 6.07 Å². The zero-order chi connectivity index (χ0) is 17.8. The maximum Gasteiger partial charge on any atom is 0.229 e. The van der Waals surface area contributed by atoms with Gasteiger partial charge >= 0.3 is 0 Å². The topological polar surface area (TPSA) is 103 Å². The molecule has 26 heavy (non-hydrogen) atoms. The van der Waals surface area contributed by atoms with Crippen LogP contribution in [0.5, 0.6) is 0 Å². The lowest BCUT2D eigenvalue weighted by atomic mass is 10.2. The number of nitrogens with zero attached hydrogens (tertiary/aromatic N) is 4. The number of nitrogens with two attached hydrogens (primary N) is 1. The van der Waals surface area contributed by atoms with E-state index in [0.717, 1.165) is 30.2 Å². The molecule has 2 aliphatic rings. The van der Waals surface area contributed by atoms with E-state index in [4.69, 9.17) is 10.7 Å². The van der Waals surface area contributed by atoms with Gasteiger partial charge in [0.1, 0.15) is 18.8 Å². The number of aromatic nitrogens is 2. The number of hydrogen-bond donors (Lipinski definition) is 4. The molecule has 0 bridgehead atoms. The molecule has 1 aromatic carbocycles. The number of benzene rings is 1. The van der Waals surface area contributed by atoms with Gasteiger partial charge in [-0.3, -0.25) is 10.0 Å². The van der Waals surface area contributed by atoms with Gasteiger partial charge in [0.2, 0.25) is 5.95 Å². The fourth-order valence-corrected chi connectivity index (χ4v) is 2.90. The SMILES string of the molecule is NCCCNc1nc(Nc2cccc(N3C=NCN3)c2)ncc1C1CC1. The van der Waals surface area contributed by atoms with Gasteiger partial charge in [-0.25, -0.2) is 10.4 Å². The molecule has 0 saturated heterocycles. The minimum Gasteiger partial charge on any atom is -0.370 e. The maximum atomic E-state index is 5.60. The van der Waals surface area contributed by atoms with Crippen molar-refractivity contribution in [3.8, 4) is 0 Å². The normalized spacial score (nSPS) is 16.1. The molecule has 1 aliphatic carbocycles. The van der Waals surface area contributed by atoms with Crippen molar-refractivity contribution in [1.82, 2.24) is 15.4 Å². The minimum atomic E-state index is 0.588. The largest absolute Gasteiger partial charge is 0.370 e. The first-order valence-electron chi connectivity index (χ1n) is 9.04. The number of rotatable bonds is 8. The van der Waals surface area contributed by atoms with Gasteiger partial charge < -0.3 is 16.4 Å². The van der Waals surface area contributed by atoms with E-state index in [0.29, 0.717) is 25.1 Å². The molecule has 8 nitrogen and oxygen atoms in total. The lowest BCUT2D eigenvalue weighted by molar-refractivity contribution is 0.797. The van der Waals surface area contributed by atoms with Crippen LogP contribution in [-0.2, 0) is 0 Å². The van der Waals surface area contributed by atoms with Crippen molar-refractivity contribution in [2.75, 3.05) is 35.4 Å². The Balaban J connectivity index is 1.51. The van der Waals surface area contributed by atoms with Gasteiger partial charge in [-0.2, -0.15) is 4.98 Å². The van der Waals surface area contributed by atoms with Crippen LogP contribution < -0.4 is 26.8 Å². The Kier molecular flexibility index (Phi) is 4.94. The molecule has 1 fully saturated rings. The lowest BCUT2D eigenvalue weighted by Crippen LogP contribution is -2.31. The van der Waals surface area contributed by atoms with Gasteiger partial charge in [-0.15, -0.1) is 0 Å². The predicted octanol–water partition coefficient (Wildman–Crippen LogP) is 2.17. The Bertz CT molecular complexity index is 787. The highest BCUT2D eigenvalue weighted by atomic mass is 15.6. The molecule has 8 heteroatoms. The van der Waals surface area contributed by atoms with Gasteiger partial charge in [0.15, 0.2) is 0 Å². The van der Waals surface area contributed by atoms with Crippen LogP contribution in [-0.4, -0.2) is 36.1 Å². The number of hydrogen-bond acceptors (Lipinski definition) is 8. The molecule has 0 spiro atoms. The third-order valence-electron chi connectivity index (χ3n) is 4.42. The summed E-state index contributed by atoms with van der Waals surface area (Å²) in [5, 5.41) is 8.60. The highest BCUT2D eigenvalue weighted by Gasteiger charge is 2.27. The summed E-state index contributed by atoms with van der Waals surface area (Å²) in [5.41, 5.74) is 11.9. The number of aliphatic imine (C=N–C) groups is 1. The molecule has 2 aromatic rings. The zero-order valence-electron chi connectivity index (χ0n) is 14.7. The average molecular weight is 352 g/mol. The van der Waals surface area contributed by atoms with Crippen LogP contribution in [0.1, 0.15) is 30.7 Å². The van der Waals surface area contributed by atoms with Crippen molar-refractivity contribution in [1.29, 1.82) is 0 Å². The average Bonchev–Trinajstić information content (AvgIpc) is 3.35. The van der Waals surface area contributed by atoms with Gasteiger partial charge in [0.25, 0.3) is 0 Å². The Morgan fingerprint density at radius 2 is 2.23 bits per heavy atom. The van der Waals surface area contributed by atoms with E-state index >= 15 is 0 Å². The molecule has 0 radical (unpaired) electrons. The summed E-state index contributed by atoms with van der Waals surface area (Å²) in [6.45, 7) is 2.09. The third-order valence-corrected chi connectivity index (χ3v) is 4.42. The molecule has 1 aromatic heterocycles. The minimum absolute atomic E-state index is 0.588. The lowest BCUT2D eigenvalue weighted by Gasteiger charge is -2.16. The second-order valence-electron chi connectivity index (χ2n) is 6.50. The smallest absolute Gasteiger partial charge is 0.229 e. The highest BCUT2D eigenvalue weighted by Crippen LogP contribution is 2.42. The first-order valence-corrected chi connectivity index (χ1v) is 9.04. The van der Waals surface area contributed by atoms with Crippen molar-refractivity contribution in [2.45, 2.75) is 25.2 Å². The van der Waals surface area contributed by atoms with E-state index in [1.165, 1.54) is 18.4 Å². The molecular formula is C18H24N8. The van der Waals surface area contributed by atoms with Crippen LogP contribution in [0.15, 0.2) is 35.5 Å². The second-order valence-corrected chi connectivity index (χ2v) is 6.50. The van der Waals surface area contributed by atoms with Crippen molar-refractivity contribution in [3.63, 3.8) is 0 Å². The first kappa shape index (κ1) is 16.7. The van der Waals surface area contributed by atoms with Crippen LogP contribution in [0, 0.1) is 0 Å². The molecule has 0 unspecified atom stereocenters. The quantitative estimate of drug-likeness (QED) is 0.540. The van der Waals surface area contributed by atoms with Crippen LogP contribution in [0.2, 0.25) is 0 Å². The fraction of sp³-hybridized carbons (Fsp3) is 0.389. The molecule has 0 amide bonds. The van der Waals surface area contributed by atoms with E-state index in [2.05, 4.69) is 26.0 Å². The molecule has 1 aliphatic heterocycles. The van der Waals surface area contributed by atoms with Crippen molar-refractivity contribution in [3.05, 3.63) is 36.0 Å². The molecule has 2 heterocycles. The predicted molar refractivity (Wildman–Crippen MR) is 105 cm³/mol. The monoisotopic (exact) mass is 352 g/mol. The number of hydrazine groups is 1. The molecule has 1 saturated carbocycles. The third kappa shape index (κ3) is 3.92. The number of nitrogens with one attached hydrogen (secondary N) is 3. The Morgan fingerprint density at radius 3 is 3.00 bits per heavy atom. The molecule has 4 rings (SSSR count). The summed E-state index contributed by atoms with van der Waals surface area (Å²) in [6.07, 6.45) is 7.07. The van der Waals surface area contributed by atoms with Crippen molar-refractivity contribution in [2.24, 2.45) is 10.7 Å². The summed E-state index contributed by atoms with van der Waals surface area (Å²) in [7, 11) is 0. The first-order chi connectivity index (χ1) is 12.8. The Hall–Kier alpha value is -2.71. The fourth-order valence-electron chi connectivity index (χ4n) is 2.90. The maximum absolute atomic E-state index is 5.60. The summed E-state index contributed by atoms with van der Waals surface area (Å²) in [4.78, 5) is 13.4. The Morgan fingerprint density at radius 1 is 1.31 bits per heavy atom. The van der Waals surface area contributed by atoms with E-state index in [-0.39, 0.29) is 0 Å². The highest BCUT2D eigenvalue weighted by molar-refractivity contribution is 5.81. The molecule has 5 N–H and O–H groups in total. The van der Waals surface area contributed by atoms with Gasteiger partial charge in [-0.05, 0) is 49.9 Å². The summed E-state index contributed by atoms with van der Waals surface area (Å²) < 4.78 is 0. The Labute approximate surface area is 152 Å². The second kappa shape index (κ2) is 7.67. The van der Waals surface area contributed by atoms with Crippen LogP contribution in [0.3, 0.4) is 0 Å². The molecule has 136 valence electrons. The zero-order valence-corrected chi connectivity index (χ0v) is 14.7. The van der Waals surface area contributed by atoms with Crippen LogP contribution in [0.4, 0.5) is 23.1 Å². The van der Waals surface area contributed by atoms with E-state index < -0.39 is 0 Å². The van der Waals surface area contributed by atoms with E-state index in [1.54, 1.807) is 6.34 Å². The number of anilines is 4. The van der Waals surface area contributed by atoms with Gasteiger partial charge in [0, 0.05) is 24.0 Å². The summed E-state index contributed by atoms with van der Waals surface area (Å²) >= 11 is 0.